The van der Waals surface area contributed by atoms with Gasteiger partial charge in [-0.3, -0.25) is 9.59 Å². The van der Waals surface area contributed by atoms with E-state index in [1.54, 1.807) is 44.2 Å². The number of fused-ring (bicyclic) bond motifs is 1. The Labute approximate surface area is 165 Å². The predicted molar refractivity (Wildman–Crippen MR) is 100.0 cm³/mol. The molecular formula is C18H21N3O6S. The van der Waals surface area contributed by atoms with Gasteiger partial charge in [0.25, 0.3) is 5.91 Å². The lowest BCUT2D eigenvalue weighted by Crippen LogP contribution is -2.83. The molecule has 1 unspecified atom stereocenters. The van der Waals surface area contributed by atoms with E-state index in [1.165, 1.54) is 0 Å². The second-order valence-electron chi connectivity index (χ2n) is 7.20. The number of aliphatic carboxylic acids is 1. The molecular weight excluding hydrogens is 386 g/mol. The molecule has 150 valence electrons. The number of carbonyl (C=O) groups is 4. The van der Waals surface area contributed by atoms with Gasteiger partial charge >= 0.3 is 11.9 Å². The summed E-state index contributed by atoms with van der Waals surface area (Å²) < 4.78 is 3.92. The summed E-state index contributed by atoms with van der Waals surface area (Å²) in [5.74, 6) is -3.69. The largest absolute Gasteiger partial charge is 0.480 e. The Morgan fingerprint density at radius 3 is 2.43 bits per heavy atom. The zero-order chi connectivity index (χ0) is 20.9. The Bertz CT molecular complexity index is 845. The van der Waals surface area contributed by atoms with Crippen molar-refractivity contribution in [3.63, 3.8) is 0 Å². The fourth-order valence-corrected chi connectivity index (χ4v) is 5.34. The molecule has 2 aliphatic heterocycles. The molecule has 2 amide bonds. The van der Waals surface area contributed by atoms with E-state index in [9.17, 15) is 24.3 Å². The molecule has 2 heterocycles. The molecule has 1 aromatic carbocycles. The van der Waals surface area contributed by atoms with Crippen LogP contribution in [0.2, 0.25) is 0 Å². The Hall–Kier alpha value is -2.59. The highest BCUT2D eigenvalue weighted by molar-refractivity contribution is 8.01. The van der Waals surface area contributed by atoms with Crippen LogP contribution in [0.15, 0.2) is 30.3 Å². The van der Waals surface area contributed by atoms with Crippen molar-refractivity contribution >= 4 is 35.5 Å². The normalized spacial score (nSPS) is 28.7. The number of benzene rings is 1. The number of β-lactam (4-membered cyclic amide) rings is 1. The number of nitrogens with two attached hydrogens (primary N) is 1. The first-order valence-electron chi connectivity index (χ1n) is 8.52. The average Bonchev–Trinajstić information content (AvgIpc) is 2.94. The predicted octanol–water partition coefficient (Wildman–Crippen LogP) is -0.139. The van der Waals surface area contributed by atoms with E-state index in [0.717, 1.165) is 23.8 Å². The molecule has 4 atom stereocenters. The third kappa shape index (κ3) is 2.75. The average molecular weight is 407 g/mol. The lowest BCUT2D eigenvalue weighted by molar-refractivity contribution is -0.180. The quantitative estimate of drug-likeness (QED) is 0.348. The van der Waals surface area contributed by atoms with Gasteiger partial charge in [0.15, 0.2) is 0 Å². The van der Waals surface area contributed by atoms with Crippen LogP contribution >= 0.6 is 11.8 Å². The van der Waals surface area contributed by atoms with Crippen LogP contribution in [0, 0.1) is 0 Å². The zero-order valence-corrected chi connectivity index (χ0v) is 16.4. The van der Waals surface area contributed by atoms with Crippen LogP contribution in [-0.2, 0) is 23.9 Å². The third-order valence-electron chi connectivity index (χ3n) is 5.05. The summed E-state index contributed by atoms with van der Waals surface area (Å²) in [7, 11) is 1.10. The monoisotopic (exact) mass is 407 g/mol. The second kappa shape index (κ2) is 6.78. The first-order valence-corrected chi connectivity index (χ1v) is 9.40. The van der Waals surface area contributed by atoms with Crippen LogP contribution in [-0.4, -0.2) is 62.6 Å². The van der Waals surface area contributed by atoms with Crippen molar-refractivity contribution in [2.75, 3.05) is 7.11 Å². The first-order chi connectivity index (χ1) is 13.1. The summed E-state index contributed by atoms with van der Waals surface area (Å²) in [6.07, 6.45) is 0. The highest BCUT2D eigenvalue weighted by atomic mass is 32.2. The lowest BCUT2D eigenvalue weighted by Gasteiger charge is -2.50. The lowest BCUT2D eigenvalue weighted by atomic mass is 9.84. The van der Waals surface area contributed by atoms with E-state index < -0.39 is 51.5 Å². The van der Waals surface area contributed by atoms with E-state index in [0.29, 0.717) is 5.56 Å². The van der Waals surface area contributed by atoms with Crippen molar-refractivity contribution in [2.24, 2.45) is 5.73 Å². The minimum atomic E-state index is -2.01. The Kier molecular flexibility index (Phi) is 4.88. The molecule has 0 radical (unpaired) electrons. The molecule has 4 N–H and O–H groups in total. The van der Waals surface area contributed by atoms with Crippen molar-refractivity contribution in [3.8, 4) is 0 Å². The summed E-state index contributed by atoms with van der Waals surface area (Å²) >= 11 is 1.13. The fraction of sp³-hybridized carbons (Fsp3) is 0.444. The number of rotatable bonds is 5. The van der Waals surface area contributed by atoms with E-state index >= 15 is 0 Å². The number of hydrogen-bond acceptors (Lipinski definition) is 7. The minimum Gasteiger partial charge on any atom is -0.480 e. The number of esters is 1. The number of ether oxygens (including phenoxy) is 1. The topological polar surface area (TPSA) is 139 Å². The Balaban J connectivity index is 1.94. The van der Waals surface area contributed by atoms with Gasteiger partial charge in [0.1, 0.15) is 17.5 Å². The number of amides is 2. The summed E-state index contributed by atoms with van der Waals surface area (Å²) in [4.78, 5) is 51.1. The maximum absolute atomic E-state index is 13.0. The molecule has 0 aromatic heterocycles. The van der Waals surface area contributed by atoms with E-state index in [2.05, 4.69) is 5.32 Å². The summed E-state index contributed by atoms with van der Waals surface area (Å²) in [5.41, 5.74) is 4.48. The summed E-state index contributed by atoms with van der Waals surface area (Å²) in [6.45, 7) is 3.34. The second-order valence-corrected chi connectivity index (χ2v) is 8.94. The number of nitrogens with one attached hydrogen (secondary N) is 1. The van der Waals surface area contributed by atoms with Crippen LogP contribution in [0.1, 0.15) is 25.5 Å². The van der Waals surface area contributed by atoms with Gasteiger partial charge in [-0.05, 0) is 19.4 Å². The number of carbonyl (C=O) groups excluding carboxylic acids is 3. The van der Waals surface area contributed by atoms with Gasteiger partial charge in [0.05, 0.1) is 7.11 Å². The van der Waals surface area contributed by atoms with Crippen molar-refractivity contribution in [2.45, 2.75) is 41.6 Å². The molecule has 0 aliphatic carbocycles. The van der Waals surface area contributed by atoms with Gasteiger partial charge in [0, 0.05) is 4.75 Å². The van der Waals surface area contributed by atoms with Crippen LogP contribution in [0.4, 0.5) is 0 Å². The number of carboxylic acids is 1. The SMILES string of the molecule is COC(=O)[C@]1(NC(=O)C(N)c2ccccc2)C(=O)N2[C@@H](C(=O)O)C(C)(C)S[C@@H]21. The van der Waals surface area contributed by atoms with Crippen molar-refractivity contribution < 1.29 is 29.0 Å². The third-order valence-corrected chi connectivity index (χ3v) is 6.68. The highest BCUT2D eigenvalue weighted by Crippen LogP contribution is 2.55. The number of methoxy groups -OCH3 is 1. The molecule has 2 aliphatic rings. The Morgan fingerprint density at radius 1 is 1.29 bits per heavy atom. The van der Waals surface area contributed by atoms with Gasteiger partial charge in [-0.1, -0.05) is 30.3 Å². The first kappa shape index (κ1) is 20.2. The van der Waals surface area contributed by atoms with Crippen molar-refractivity contribution in [1.29, 1.82) is 0 Å². The zero-order valence-electron chi connectivity index (χ0n) is 15.5. The molecule has 9 nitrogen and oxygen atoms in total. The van der Waals surface area contributed by atoms with E-state index in [1.807, 2.05) is 0 Å². The van der Waals surface area contributed by atoms with Crippen LogP contribution < -0.4 is 11.1 Å². The fourth-order valence-electron chi connectivity index (χ4n) is 3.66. The summed E-state index contributed by atoms with van der Waals surface area (Å²) in [6, 6.07) is 6.24. The maximum Gasteiger partial charge on any atom is 0.344 e. The maximum atomic E-state index is 13.0. The van der Waals surface area contributed by atoms with Gasteiger partial charge < -0.3 is 25.8 Å². The number of nitrogens with zero attached hydrogens (tertiary/aromatic N) is 1. The number of carboxylic acid groups (broad SMARTS) is 1. The highest BCUT2D eigenvalue weighted by Gasteiger charge is 2.76. The van der Waals surface area contributed by atoms with Gasteiger partial charge in [0.2, 0.25) is 11.4 Å². The smallest absolute Gasteiger partial charge is 0.344 e. The summed E-state index contributed by atoms with van der Waals surface area (Å²) in [5, 5.41) is 11.1. The van der Waals surface area contributed by atoms with Crippen LogP contribution in [0.25, 0.3) is 0 Å². The minimum absolute atomic E-state index is 0.506. The van der Waals surface area contributed by atoms with Crippen molar-refractivity contribution in [1.82, 2.24) is 10.2 Å². The van der Waals surface area contributed by atoms with E-state index in [4.69, 9.17) is 10.5 Å². The van der Waals surface area contributed by atoms with Gasteiger partial charge in [-0.15, -0.1) is 11.8 Å². The number of thioether (sulfide) groups is 1. The molecule has 0 bridgehead atoms. The molecule has 0 spiro atoms. The molecule has 0 saturated carbocycles. The molecule has 2 saturated heterocycles. The van der Waals surface area contributed by atoms with Crippen LogP contribution in [0.5, 0.6) is 0 Å². The molecule has 3 rings (SSSR count). The van der Waals surface area contributed by atoms with E-state index in [-0.39, 0.29) is 0 Å². The Morgan fingerprint density at radius 2 is 1.89 bits per heavy atom. The van der Waals surface area contributed by atoms with Gasteiger partial charge in [-0.25, -0.2) is 9.59 Å². The van der Waals surface area contributed by atoms with Crippen molar-refractivity contribution in [3.05, 3.63) is 35.9 Å². The molecule has 10 heteroatoms. The number of hydrogen-bond donors (Lipinski definition) is 3. The standard InChI is InChI=1S/C18H21N3O6S/c1-17(2)11(13(23)24)21-14(25)18(15(21)28-17,16(26)27-3)20-12(22)10(19)9-7-5-4-6-8-9/h4-8,10-11,15H,19H2,1-3H3,(H,20,22)(H,23,24)/t10?,11-,15+,18-/m0/s1. The molecule has 1 aromatic rings. The van der Waals surface area contributed by atoms with Crippen LogP contribution in [0.3, 0.4) is 0 Å². The molecule has 28 heavy (non-hydrogen) atoms. The van der Waals surface area contributed by atoms with Gasteiger partial charge in [-0.2, -0.15) is 0 Å². The molecule has 2 fully saturated rings.